The summed E-state index contributed by atoms with van der Waals surface area (Å²) in [6.45, 7) is 4.73. The molecular weight excluding hydrogens is 791 g/mol. The van der Waals surface area contributed by atoms with Crippen LogP contribution in [0.1, 0.15) is 58.4 Å². The molecule has 0 saturated carbocycles. The number of fused-ring (bicyclic) bond motifs is 9. The van der Waals surface area contributed by atoms with Crippen molar-refractivity contribution in [3.8, 4) is 39.1 Å². The van der Waals surface area contributed by atoms with E-state index >= 15 is 0 Å². The molecule has 0 amide bonds. The second-order valence-corrected chi connectivity index (χ2v) is 18.3. The molecule has 0 unspecified atom stereocenters. The number of nitrogens with zero attached hydrogens (tertiary/aromatic N) is 1. The average molecular weight is 836 g/mol. The van der Waals surface area contributed by atoms with Crippen LogP contribution in [0.25, 0.3) is 71.9 Å². The Labute approximate surface area is 380 Å². The van der Waals surface area contributed by atoms with Crippen molar-refractivity contribution in [2.75, 3.05) is 0 Å². The minimum absolute atomic E-state index is 0.152. The molecule has 0 spiro atoms. The van der Waals surface area contributed by atoms with E-state index in [0.717, 1.165) is 16.2 Å². The van der Waals surface area contributed by atoms with Crippen molar-refractivity contribution in [1.82, 2.24) is 4.57 Å². The molecule has 0 N–H and O–H groups in total. The molecule has 0 fully saturated rings. The third kappa shape index (κ3) is 5.79. The standard InChI is InChI=1S/C62H45NS/c1-61(2)55-37-41(17-16-28-60(64)42-18-6-3-7-19-42)29-33-49(55)50-34-30-44(39-56(50)61)43-31-36-59-53(38-43)52-25-13-15-27-58(52)63(59)47-32-35-51-48-24-12-14-26-54(48)62(57(51)40-47,45-20-8-4-9-21-45)46-22-10-5-11-23-46/h3-40,64H,1-2H3/b17-16?,60-28-. The topological polar surface area (TPSA) is 4.93 Å². The van der Waals surface area contributed by atoms with Gasteiger partial charge in [0.25, 0.3) is 0 Å². The van der Waals surface area contributed by atoms with Gasteiger partial charge in [0.2, 0.25) is 0 Å². The first kappa shape index (κ1) is 38.3. The normalized spacial score (nSPS) is 14.5. The van der Waals surface area contributed by atoms with E-state index in [9.17, 15) is 0 Å². The molecule has 12 rings (SSSR count). The van der Waals surface area contributed by atoms with E-state index in [1.807, 2.05) is 18.2 Å². The Morgan fingerprint density at radius 1 is 0.453 bits per heavy atom. The van der Waals surface area contributed by atoms with Gasteiger partial charge in [-0.15, -0.1) is 12.6 Å². The van der Waals surface area contributed by atoms with Crippen LogP contribution >= 0.6 is 12.6 Å². The fourth-order valence-corrected chi connectivity index (χ4v) is 11.2. The van der Waals surface area contributed by atoms with E-state index in [0.29, 0.717) is 0 Å². The minimum Gasteiger partial charge on any atom is -0.309 e. The molecule has 0 radical (unpaired) electrons. The molecule has 2 aliphatic carbocycles. The lowest BCUT2D eigenvalue weighted by molar-refractivity contribution is 0.660. The van der Waals surface area contributed by atoms with Gasteiger partial charge in [0.1, 0.15) is 0 Å². The number of thiol groups is 1. The highest BCUT2D eigenvalue weighted by Crippen LogP contribution is 2.57. The van der Waals surface area contributed by atoms with Gasteiger partial charge in [-0.1, -0.05) is 202 Å². The van der Waals surface area contributed by atoms with Crippen LogP contribution in [0.3, 0.4) is 0 Å². The van der Waals surface area contributed by atoms with Crippen molar-refractivity contribution in [2.45, 2.75) is 24.7 Å². The van der Waals surface area contributed by atoms with Crippen LogP contribution in [0.15, 0.2) is 224 Å². The number of rotatable bonds is 7. The third-order valence-electron chi connectivity index (χ3n) is 14.0. The fourth-order valence-electron chi connectivity index (χ4n) is 11.0. The predicted octanol–water partition coefficient (Wildman–Crippen LogP) is 16.1. The summed E-state index contributed by atoms with van der Waals surface area (Å²) in [5, 5.41) is 2.50. The number of aromatic nitrogens is 1. The maximum atomic E-state index is 4.75. The molecule has 1 heterocycles. The van der Waals surface area contributed by atoms with Gasteiger partial charge in [-0.25, -0.2) is 0 Å². The molecule has 0 saturated heterocycles. The van der Waals surface area contributed by atoms with E-state index in [1.54, 1.807) is 0 Å². The molecule has 0 aliphatic heterocycles. The summed E-state index contributed by atoms with van der Waals surface area (Å²) in [5.74, 6) is 0. The van der Waals surface area contributed by atoms with Gasteiger partial charge in [-0.3, -0.25) is 0 Å². The zero-order valence-corrected chi connectivity index (χ0v) is 36.7. The van der Waals surface area contributed by atoms with Crippen molar-refractivity contribution >= 4 is 45.4 Å². The first-order valence-corrected chi connectivity index (χ1v) is 22.7. The Balaban J connectivity index is 0.947. The summed E-state index contributed by atoms with van der Waals surface area (Å²) in [7, 11) is 0. The highest BCUT2D eigenvalue weighted by molar-refractivity contribution is 7.90. The van der Waals surface area contributed by atoms with E-state index in [4.69, 9.17) is 12.6 Å². The lowest BCUT2D eigenvalue weighted by Gasteiger charge is -2.34. The van der Waals surface area contributed by atoms with E-state index < -0.39 is 5.41 Å². The third-order valence-corrected chi connectivity index (χ3v) is 14.4. The SMILES string of the molecule is CC1(C)c2cc(C=C/C=C(\S)c3ccccc3)ccc2-c2ccc(-c3ccc4c(c3)c3ccccc3n4-c3ccc4c(c3)C(c3ccccc3)(c3ccccc3)c3ccccc3-4)cc21. The Morgan fingerprint density at radius 3 is 1.78 bits per heavy atom. The van der Waals surface area contributed by atoms with Crippen molar-refractivity contribution in [1.29, 1.82) is 0 Å². The van der Waals surface area contributed by atoms with E-state index in [1.165, 1.54) is 94.1 Å². The summed E-state index contributed by atoms with van der Waals surface area (Å²) >= 11 is 4.75. The van der Waals surface area contributed by atoms with Crippen LogP contribution in [0.5, 0.6) is 0 Å². The minimum atomic E-state index is -0.466. The number of hydrogen-bond acceptors (Lipinski definition) is 1. The smallest absolute Gasteiger partial charge is 0.0714 e. The maximum absolute atomic E-state index is 4.75. The maximum Gasteiger partial charge on any atom is 0.0714 e. The second-order valence-electron chi connectivity index (χ2n) is 17.8. The van der Waals surface area contributed by atoms with Crippen molar-refractivity contribution in [3.05, 3.63) is 269 Å². The summed E-state index contributed by atoms with van der Waals surface area (Å²) in [6.07, 6.45) is 6.35. The highest BCUT2D eigenvalue weighted by Gasteiger charge is 2.46. The number of allylic oxidation sites excluding steroid dienone is 2. The first-order valence-electron chi connectivity index (χ1n) is 22.2. The van der Waals surface area contributed by atoms with Crippen LogP contribution < -0.4 is 0 Å². The lowest BCUT2D eigenvalue weighted by atomic mass is 9.67. The highest BCUT2D eigenvalue weighted by atomic mass is 32.1. The van der Waals surface area contributed by atoms with Crippen LogP contribution in [0.2, 0.25) is 0 Å². The van der Waals surface area contributed by atoms with Crippen LogP contribution in [0.4, 0.5) is 0 Å². The quantitative estimate of drug-likeness (QED) is 0.121. The molecule has 304 valence electrons. The van der Waals surface area contributed by atoms with Gasteiger partial charge >= 0.3 is 0 Å². The van der Waals surface area contributed by atoms with Gasteiger partial charge in [0.05, 0.1) is 16.4 Å². The zero-order chi connectivity index (χ0) is 43.0. The molecule has 9 aromatic carbocycles. The van der Waals surface area contributed by atoms with Crippen LogP contribution in [-0.2, 0) is 10.8 Å². The molecular formula is C62H45NS. The zero-order valence-electron chi connectivity index (χ0n) is 35.8. The van der Waals surface area contributed by atoms with Gasteiger partial charge in [-0.2, -0.15) is 0 Å². The van der Waals surface area contributed by atoms with Crippen molar-refractivity contribution in [3.63, 3.8) is 0 Å². The summed E-state index contributed by atoms with van der Waals surface area (Å²) < 4.78 is 2.47. The lowest BCUT2D eigenvalue weighted by Crippen LogP contribution is -2.28. The van der Waals surface area contributed by atoms with Crippen molar-refractivity contribution in [2.24, 2.45) is 0 Å². The van der Waals surface area contributed by atoms with E-state index in [-0.39, 0.29) is 5.41 Å². The summed E-state index contributed by atoms with van der Waals surface area (Å²) in [6, 6.07) is 78.5. The summed E-state index contributed by atoms with van der Waals surface area (Å²) in [4.78, 5) is 0.948. The Hall–Kier alpha value is -7.39. The van der Waals surface area contributed by atoms with E-state index in [2.05, 4.69) is 231 Å². The summed E-state index contributed by atoms with van der Waals surface area (Å²) in [5.41, 5.74) is 20.8. The van der Waals surface area contributed by atoms with Gasteiger partial charge in [0.15, 0.2) is 0 Å². The van der Waals surface area contributed by atoms with Crippen molar-refractivity contribution < 1.29 is 0 Å². The number of hydrogen-bond donors (Lipinski definition) is 1. The molecule has 64 heavy (non-hydrogen) atoms. The Morgan fingerprint density at radius 2 is 1.02 bits per heavy atom. The number of benzene rings is 9. The molecule has 2 aliphatic rings. The van der Waals surface area contributed by atoms with Gasteiger partial charge in [0, 0.05) is 26.8 Å². The fraction of sp³-hybridized carbons (Fsp3) is 0.0645. The monoisotopic (exact) mass is 835 g/mol. The molecule has 1 aromatic heterocycles. The van der Waals surface area contributed by atoms with Gasteiger partial charge < -0.3 is 4.57 Å². The molecule has 0 atom stereocenters. The Bertz CT molecular complexity index is 3480. The molecule has 2 heteroatoms. The van der Waals surface area contributed by atoms with Gasteiger partial charge in [-0.05, 0) is 120 Å². The largest absolute Gasteiger partial charge is 0.309 e. The predicted molar refractivity (Wildman–Crippen MR) is 274 cm³/mol. The Kier molecular flexibility index (Phi) is 8.90. The molecule has 1 nitrogen and oxygen atoms in total. The number of para-hydroxylation sites is 1. The molecule has 10 aromatic rings. The molecule has 0 bridgehead atoms. The first-order chi connectivity index (χ1) is 31.4. The average Bonchev–Trinajstić information content (AvgIpc) is 3.92. The van der Waals surface area contributed by atoms with Crippen LogP contribution in [0, 0.1) is 0 Å². The van der Waals surface area contributed by atoms with Crippen LogP contribution in [-0.4, -0.2) is 4.57 Å². The second kappa shape index (κ2) is 14.9.